The van der Waals surface area contributed by atoms with E-state index in [1.54, 1.807) is 12.1 Å². The second-order valence-corrected chi connectivity index (χ2v) is 10.5. The number of hydrogen-bond donors (Lipinski definition) is 0. The van der Waals surface area contributed by atoms with E-state index < -0.39 is 0 Å². The number of fused-ring (bicyclic) bond motifs is 3. The number of nitrogens with zero attached hydrogens (tertiary/aromatic N) is 6. The third kappa shape index (κ3) is 4.41. The molecule has 0 unspecified atom stereocenters. The first-order valence-electron chi connectivity index (χ1n) is 14.3. The van der Waals surface area contributed by atoms with Gasteiger partial charge in [-0.2, -0.15) is 5.26 Å². The van der Waals surface area contributed by atoms with E-state index in [2.05, 4.69) is 42.5 Å². The van der Waals surface area contributed by atoms with Gasteiger partial charge in [0.2, 0.25) is 0 Å². The standard InChI is InChI=1S/C38H22N6/c39-23-24-19-21-27(22-20-24)34-35(41-33-18-6-5-17-32(33)40-34)38-43-36(30-15-7-11-25-9-1-3-13-28(25)30)42-37(44-38)31-16-8-12-26-10-2-4-14-29(26)31/h1-22H. The quantitative estimate of drug-likeness (QED) is 0.213. The smallest absolute Gasteiger partial charge is 0.184 e. The molecule has 6 heteroatoms. The normalized spacial score (nSPS) is 11.2. The van der Waals surface area contributed by atoms with Crippen LogP contribution in [0, 0.1) is 11.3 Å². The topological polar surface area (TPSA) is 88.2 Å². The lowest BCUT2D eigenvalue weighted by molar-refractivity contribution is 1.06. The van der Waals surface area contributed by atoms with Crippen LogP contribution in [0.2, 0.25) is 0 Å². The molecule has 0 saturated heterocycles. The number of hydrogen-bond acceptors (Lipinski definition) is 6. The van der Waals surface area contributed by atoms with E-state index in [4.69, 9.17) is 24.9 Å². The molecule has 6 nitrogen and oxygen atoms in total. The van der Waals surface area contributed by atoms with E-state index in [0.717, 1.165) is 49.3 Å². The van der Waals surface area contributed by atoms with Crippen LogP contribution in [0.25, 0.3) is 78.1 Å². The number of para-hydroxylation sites is 2. The van der Waals surface area contributed by atoms with Crippen molar-refractivity contribution in [1.29, 1.82) is 5.26 Å². The molecule has 2 aromatic heterocycles. The van der Waals surface area contributed by atoms with Crippen molar-refractivity contribution in [1.82, 2.24) is 24.9 Å². The van der Waals surface area contributed by atoms with Gasteiger partial charge in [0.05, 0.1) is 22.7 Å². The molecule has 0 saturated carbocycles. The van der Waals surface area contributed by atoms with Crippen LogP contribution in [0.5, 0.6) is 0 Å². The Bertz CT molecular complexity index is 2300. The summed E-state index contributed by atoms with van der Waals surface area (Å²) < 4.78 is 0. The van der Waals surface area contributed by atoms with Crippen molar-refractivity contribution in [2.45, 2.75) is 0 Å². The summed E-state index contributed by atoms with van der Waals surface area (Å²) in [6.45, 7) is 0. The minimum absolute atomic E-state index is 0.420. The lowest BCUT2D eigenvalue weighted by Crippen LogP contribution is -2.04. The summed E-state index contributed by atoms with van der Waals surface area (Å²) in [6, 6.07) is 46.1. The second-order valence-electron chi connectivity index (χ2n) is 10.5. The Kier molecular flexibility index (Phi) is 6.06. The molecule has 2 heterocycles. The highest BCUT2D eigenvalue weighted by Gasteiger charge is 2.20. The third-order valence-corrected chi connectivity index (χ3v) is 7.77. The van der Waals surface area contributed by atoms with Gasteiger partial charge in [0, 0.05) is 16.7 Å². The van der Waals surface area contributed by atoms with Crippen LogP contribution in [0.4, 0.5) is 0 Å². The molecule has 8 rings (SSSR count). The molecule has 0 aliphatic rings. The van der Waals surface area contributed by atoms with Gasteiger partial charge < -0.3 is 0 Å². The Hall–Kier alpha value is -6.32. The molecule has 0 radical (unpaired) electrons. The predicted molar refractivity (Wildman–Crippen MR) is 174 cm³/mol. The molecule has 6 aromatic carbocycles. The Morgan fingerprint density at radius 3 is 1.45 bits per heavy atom. The maximum Gasteiger partial charge on any atom is 0.184 e. The zero-order chi connectivity index (χ0) is 29.5. The van der Waals surface area contributed by atoms with E-state index in [0.29, 0.717) is 34.4 Å². The molecule has 0 bridgehead atoms. The monoisotopic (exact) mass is 562 g/mol. The molecule has 0 atom stereocenters. The van der Waals surface area contributed by atoms with E-state index in [9.17, 15) is 5.26 Å². The minimum atomic E-state index is 0.420. The van der Waals surface area contributed by atoms with Gasteiger partial charge in [0.15, 0.2) is 17.5 Å². The average molecular weight is 563 g/mol. The fraction of sp³-hybridized carbons (Fsp3) is 0. The first kappa shape index (κ1) is 25.4. The Balaban J connectivity index is 1.45. The van der Waals surface area contributed by atoms with Gasteiger partial charge in [-0.3, -0.25) is 0 Å². The average Bonchev–Trinajstić information content (AvgIpc) is 3.10. The SMILES string of the molecule is N#Cc1ccc(-c2nc3ccccc3nc2-c2nc(-c3cccc4ccccc34)nc(-c3cccc4ccccc34)n2)cc1. The summed E-state index contributed by atoms with van der Waals surface area (Å²) in [6.07, 6.45) is 0. The molecule has 44 heavy (non-hydrogen) atoms. The van der Waals surface area contributed by atoms with Crippen molar-refractivity contribution in [2.75, 3.05) is 0 Å². The summed E-state index contributed by atoms with van der Waals surface area (Å²) in [5.74, 6) is 1.52. The first-order valence-corrected chi connectivity index (χ1v) is 14.3. The van der Waals surface area contributed by atoms with Crippen LogP contribution in [-0.2, 0) is 0 Å². The van der Waals surface area contributed by atoms with Gasteiger partial charge in [-0.1, -0.05) is 109 Å². The third-order valence-electron chi connectivity index (χ3n) is 7.77. The summed E-state index contributed by atoms with van der Waals surface area (Å²) >= 11 is 0. The van der Waals surface area contributed by atoms with Crippen LogP contribution in [0.1, 0.15) is 5.56 Å². The highest BCUT2D eigenvalue weighted by molar-refractivity contribution is 5.98. The predicted octanol–water partition coefficient (Wildman–Crippen LogP) is 8.66. The van der Waals surface area contributed by atoms with E-state index in [-0.39, 0.29) is 0 Å². The van der Waals surface area contributed by atoms with Gasteiger partial charge in [-0.05, 0) is 45.8 Å². The number of rotatable bonds is 4. The van der Waals surface area contributed by atoms with Gasteiger partial charge in [0.1, 0.15) is 11.4 Å². The molecule has 0 fully saturated rings. The van der Waals surface area contributed by atoms with Crippen LogP contribution >= 0.6 is 0 Å². The van der Waals surface area contributed by atoms with Gasteiger partial charge >= 0.3 is 0 Å². The van der Waals surface area contributed by atoms with Crippen molar-refractivity contribution in [3.63, 3.8) is 0 Å². The lowest BCUT2D eigenvalue weighted by Gasteiger charge is -2.13. The molecule has 0 amide bonds. The molecular weight excluding hydrogens is 540 g/mol. The first-order chi connectivity index (χ1) is 21.7. The number of benzene rings is 6. The molecular formula is C38H22N6. The van der Waals surface area contributed by atoms with Crippen LogP contribution in [0.15, 0.2) is 133 Å². The minimum Gasteiger partial charge on any atom is -0.244 e. The van der Waals surface area contributed by atoms with Gasteiger partial charge in [-0.15, -0.1) is 0 Å². The Morgan fingerprint density at radius 1 is 0.409 bits per heavy atom. The highest BCUT2D eigenvalue weighted by atomic mass is 15.1. The van der Waals surface area contributed by atoms with Crippen molar-refractivity contribution in [3.8, 4) is 51.6 Å². The van der Waals surface area contributed by atoms with Crippen molar-refractivity contribution in [3.05, 3.63) is 139 Å². The summed E-state index contributed by atoms with van der Waals surface area (Å²) in [7, 11) is 0. The summed E-state index contributed by atoms with van der Waals surface area (Å²) in [5, 5.41) is 13.7. The zero-order valence-electron chi connectivity index (χ0n) is 23.4. The largest absolute Gasteiger partial charge is 0.244 e. The molecule has 0 N–H and O–H groups in total. The number of aromatic nitrogens is 5. The molecule has 0 spiro atoms. The summed E-state index contributed by atoms with van der Waals surface area (Å²) in [4.78, 5) is 25.4. The maximum absolute atomic E-state index is 9.40. The fourth-order valence-electron chi connectivity index (χ4n) is 5.62. The molecule has 204 valence electrons. The second kappa shape index (κ2) is 10.5. The number of nitriles is 1. The van der Waals surface area contributed by atoms with Crippen molar-refractivity contribution < 1.29 is 0 Å². The highest BCUT2D eigenvalue weighted by Crippen LogP contribution is 2.35. The maximum atomic E-state index is 9.40. The summed E-state index contributed by atoms with van der Waals surface area (Å²) in [5.41, 5.74) is 5.86. The van der Waals surface area contributed by atoms with Crippen LogP contribution in [0.3, 0.4) is 0 Å². The van der Waals surface area contributed by atoms with Crippen LogP contribution < -0.4 is 0 Å². The van der Waals surface area contributed by atoms with Gasteiger partial charge in [-0.25, -0.2) is 24.9 Å². The van der Waals surface area contributed by atoms with Crippen LogP contribution in [-0.4, -0.2) is 24.9 Å². The van der Waals surface area contributed by atoms with E-state index >= 15 is 0 Å². The molecule has 0 aliphatic heterocycles. The van der Waals surface area contributed by atoms with E-state index in [1.165, 1.54) is 0 Å². The Morgan fingerprint density at radius 2 is 0.886 bits per heavy atom. The van der Waals surface area contributed by atoms with E-state index in [1.807, 2.05) is 84.9 Å². The zero-order valence-corrected chi connectivity index (χ0v) is 23.4. The molecule has 8 aromatic rings. The molecule has 0 aliphatic carbocycles. The lowest BCUT2D eigenvalue weighted by atomic mass is 10.0. The van der Waals surface area contributed by atoms with Crippen molar-refractivity contribution in [2.24, 2.45) is 0 Å². The fourth-order valence-corrected chi connectivity index (χ4v) is 5.62. The Labute approximate surface area is 253 Å². The van der Waals surface area contributed by atoms with Crippen molar-refractivity contribution >= 4 is 32.6 Å². The van der Waals surface area contributed by atoms with Gasteiger partial charge in [0.25, 0.3) is 0 Å².